The van der Waals surface area contributed by atoms with Gasteiger partial charge in [0.05, 0.1) is 10.6 Å². The second-order valence-electron chi connectivity index (χ2n) is 3.91. The lowest BCUT2D eigenvalue weighted by Crippen LogP contribution is -2.48. The van der Waals surface area contributed by atoms with Crippen LogP contribution in [0.5, 0.6) is 0 Å². The third-order valence-electron chi connectivity index (χ3n) is 2.90. The van der Waals surface area contributed by atoms with Crippen LogP contribution in [0.4, 0.5) is 8.78 Å². The normalized spacial score (nSPS) is 27.8. The van der Waals surface area contributed by atoms with Gasteiger partial charge in [-0.15, -0.1) is 0 Å². The summed E-state index contributed by atoms with van der Waals surface area (Å²) in [5, 5.41) is 0. The largest absolute Gasteiger partial charge is 0.317 e. The Hall–Kier alpha value is -1.01. The first-order valence-electron chi connectivity index (χ1n) is 4.77. The number of nitrogens with two attached hydrogens (primary N) is 1. The zero-order valence-corrected chi connectivity index (χ0v) is 9.18. The molecule has 0 saturated carbocycles. The van der Waals surface area contributed by atoms with Crippen LogP contribution in [0.3, 0.4) is 0 Å². The lowest BCUT2D eigenvalue weighted by atomic mass is 9.88. The van der Waals surface area contributed by atoms with Gasteiger partial charge >= 0.3 is 0 Å². The lowest BCUT2D eigenvalue weighted by Gasteiger charge is -2.34. The van der Waals surface area contributed by atoms with E-state index in [1.165, 1.54) is 24.3 Å². The van der Waals surface area contributed by atoms with Crippen LogP contribution in [0.15, 0.2) is 29.2 Å². The summed E-state index contributed by atoms with van der Waals surface area (Å²) in [7, 11) is -3.46. The van der Waals surface area contributed by atoms with Gasteiger partial charge < -0.3 is 5.73 Å². The molecule has 2 rings (SSSR count). The fourth-order valence-electron chi connectivity index (χ4n) is 1.90. The molecule has 0 bridgehead atoms. The molecule has 0 radical (unpaired) electrons. The Morgan fingerprint density at radius 3 is 2.56 bits per heavy atom. The fraction of sp³-hybridized carbons (Fsp3) is 0.400. The minimum absolute atomic E-state index is 0.0243. The Morgan fingerprint density at radius 2 is 1.94 bits per heavy atom. The number of rotatable bonds is 1. The second-order valence-corrected chi connectivity index (χ2v) is 5.98. The molecule has 16 heavy (non-hydrogen) atoms. The Kier molecular flexibility index (Phi) is 2.51. The zero-order valence-electron chi connectivity index (χ0n) is 8.36. The summed E-state index contributed by atoms with van der Waals surface area (Å²) in [5.41, 5.74) is 3.80. The molecule has 1 aliphatic heterocycles. The van der Waals surface area contributed by atoms with Crippen molar-refractivity contribution in [2.24, 2.45) is 5.73 Å². The smallest absolute Gasteiger partial charge is 0.260 e. The Morgan fingerprint density at radius 1 is 1.31 bits per heavy atom. The molecule has 0 fully saturated rings. The van der Waals surface area contributed by atoms with E-state index in [4.69, 9.17) is 5.73 Å². The quantitative estimate of drug-likeness (QED) is 0.813. The van der Waals surface area contributed by atoms with E-state index in [1.54, 1.807) is 0 Å². The summed E-state index contributed by atoms with van der Waals surface area (Å²) in [6.45, 7) is 0. The van der Waals surface area contributed by atoms with Crippen LogP contribution in [0.25, 0.3) is 0 Å². The average Bonchev–Trinajstić information content (AvgIpc) is 2.24. The molecule has 0 aromatic heterocycles. The summed E-state index contributed by atoms with van der Waals surface area (Å²) < 4.78 is 49.2. The van der Waals surface area contributed by atoms with Gasteiger partial charge in [0, 0.05) is 0 Å². The van der Waals surface area contributed by atoms with Crippen molar-refractivity contribution in [1.29, 1.82) is 0 Å². The van der Waals surface area contributed by atoms with E-state index < -0.39 is 21.8 Å². The Bertz CT molecular complexity index is 515. The van der Waals surface area contributed by atoms with Gasteiger partial charge in [-0.1, -0.05) is 18.2 Å². The molecular weight excluding hydrogens is 236 g/mol. The topological polar surface area (TPSA) is 60.2 Å². The molecule has 88 valence electrons. The molecule has 0 aliphatic carbocycles. The van der Waals surface area contributed by atoms with Crippen molar-refractivity contribution in [2.75, 3.05) is 5.75 Å². The van der Waals surface area contributed by atoms with E-state index in [0.717, 1.165) is 0 Å². The second kappa shape index (κ2) is 3.49. The maximum absolute atomic E-state index is 12.9. The van der Waals surface area contributed by atoms with Gasteiger partial charge in [0.1, 0.15) is 5.54 Å². The standard InChI is InChI=1S/C10H11F2NO2S/c11-9(12)10(13)5-6-16(14,15)8-4-2-1-3-7(8)10/h1-4,9H,5-6,13H2. The SMILES string of the molecule is NC1(C(F)F)CCS(=O)(=O)c2ccccc21. The lowest BCUT2D eigenvalue weighted by molar-refractivity contribution is 0.0470. The predicted molar refractivity (Wildman–Crippen MR) is 55.0 cm³/mol. The highest BCUT2D eigenvalue weighted by Crippen LogP contribution is 2.38. The molecule has 0 amide bonds. The van der Waals surface area contributed by atoms with Crippen molar-refractivity contribution >= 4 is 9.84 Å². The highest BCUT2D eigenvalue weighted by atomic mass is 32.2. The van der Waals surface area contributed by atoms with Crippen molar-refractivity contribution < 1.29 is 17.2 Å². The average molecular weight is 247 g/mol. The maximum Gasteiger partial charge on any atom is 0.260 e. The third kappa shape index (κ3) is 1.53. The molecule has 2 N–H and O–H groups in total. The maximum atomic E-state index is 12.9. The first kappa shape index (κ1) is 11.5. The van der Waals surface area contributed by atoms with Gasteiger partial charge in [-0.2, -0.15) is 0 Å². The summed E-state index contributed by atoms with van der Waals surface area (Å²) in [5.74, 6) is -0.329. The van der Waals surface area contributed by atoms with Crippen LogP contribution in [-0.4, -0.2) is 20.6 Å². The van der Waals surface area contributed by atoms with Crippen LogP contribution in [-0.2, 0) is 15.4 Å². The van der Waals surface area contributed by atoms with E-state index in [0.29, 0.717) is 0 Å². The number of benzene rings is 1. The van der Waals surface area contributed by atoms with E-state index in [1.807, 2.05) is 0 Å². The molecule has 0 spiro atoms. The Labute approximate surface area is 92.2 Å². The molecule has 1 aromatic rings. The number of alkyl halides is 2. The van der Waals surface area contributed by atoms with Crippen LogP contribution in [0, 0.1) is 0 Å². The van der Waals surface area contributed by atoms with Gasteiger partial charge in [-0.25, -0.2) is 17.2 Å². The minimum atomic E-state index is -3.46. The van der Waals surface area contributed by atoms with E-state index in [-0.39, 0.29) is 22.6 Å². The van der Waals surface area contributed by atoms with E-state index in [2.05, 4.69) is 0 Å². The Balaban J connectivity index is 2.70. The number of halogens is 2. The first-order chi connectivity index (χ1) is 7.38. The minimum Gasteiger partial charge on any atom is -0.317 e. The summed E-state index contributed by atoms with van der Waals surface area (Å²) in [4.78, 5) is -0.0657. The van der Waals surface area contributed by atoms with E-state index >= 15 is 0 Å². The van der Waals surface area contributed by atoms with Gasteiger partial charge in [0.15, 0.2) is 9.84 Å². The molecule has 1 aromatic carbocycles. The summed E-state index contributed by atoms with van der Waals surface area (Å²) in [6, 6.07) is 5.71. The highest BCUT2D eigenvalue weighted by molar-refractivity contribution is 7.91. The van der Waals surface area contributed by atoms with Gasteiger partial charge in [0.25, 0.3) is 6.43 Å². The number of hydrogen-bond donors (Lipinski definition) is 1. The van der Waals surface area contributed by atoms with Crippen molar-refractivity contribution in [3.8, 4) is 0 Å². The van der Waals surface area contributed by atoms with Crippen LogP contribution >= 0.6 is 0 Å². The fourth-order valence-corrected chi connectivity index (χ4v) is 3.60. The molecule has 1 unspecified atom stereocenters. The van der Waals surface area contributed by atoms with Crippen LogP contribution < -0.4 is 5.73 Å². The van der Waals surface area contributed by atoms with Gasteiger partial charge in [-0.05, 0) is 18.1 Å². The molecule has 0 saturated heterocycles. The summed E-state index contributed by atoms with van der Waals surface area (Å²) >= 11 is 0. The number of hydrogen-bond acceptors (Lipinski definition) is 3. The molecule has 1 heterocycles. The van der Waals surface area contributed by atoms with Gasteiger partial charge in [-0.3, -0.25) is 0 Å². The molecule has 1 atom stereocenters. The van der Waals surface area contributed by atoms with Crippen LogP contribution in [0.1, 0.15) is 12.0 Å². The monoisotopic (exact) mass is 247 g/mol. The zero-order chi connectivity index (χ0) is 12.0. The van der Waals surface area contributed by atoms with Crippen molar-refractivity contribution in [3.05, 3.63) is 29.8 Å². The van der Waals surface area contributed by atoms with Crippen molar-refractivity contribution in [2.45, 2.75) is 23.3 Å². The molecular formula is C10H11F2NO2S. The first-order valence-corrected chi connectivity index (χ1v) is 6.42. The number of sulfone groups is 1. The predicted octanol–water partition coefficient (Wildman–Crippen LogP) is 1.28. The molecule has 1 aliphatic rings. The van der Waals surface area contributed by atoms with Crippen LogP contribution in [0.2, 0.25) is 0 Å². The van der Waals surface area contributed by atoms with Crippen molar-refractivity contribution in [1.82, 2.24) is 0 Å². The van der Waals surface area contributed by atoms with Crippen molar-refractivity contribution in [3.63, 3.8) is 0 Å². The van der Waals surface area contributed by atoms with Gasteiger partial charge in [0.2, 0.25) is 0 Å². The molecule has 6 heteroatoms. The number of fused-ring (bicyclic) bond motifs is 1. The van der Waals surface area contributed by atoms with E-state index in [9.17, 15) is 17.2 Å². The third-order valence-corrected chi connectivity index (χ3v) is 4.67. The highest BCUT2D eigenvalue weighted by Gasteiger charge is 2.45. The summed E-state index contributed by atoms with van der Waals surface area (Å²) in [6.07, 6.45) is -3.02. The molecule has 3 nitrogen and oxygen atoms in total.